The van der Waals surface area contributed by atoms with Gasteiger partial charge in [0.05, 0.1) is 11.7 Å². The fourth-order valence-electron chi connectivity index (χ4n) is 3.79. The van der Waals surface area contributed by atoms with Crippen LogP contribution in [0.25, 0.3) is 21.3 Å². The maximum atomic E-state index is 13.4. The number of aromatic nitrogens is 2. The van der Waals surface area contributed by atoms with Crippen molar-refractivity contribution in [1.29, 1.82) is 0 Å². The number of carbonyl (C=O) groups is 1. The molecule has 5 nitrogen and oxygen atoms in total. The highest BCUT2D eigenvalue weighted by atomic mass is 35.5. The van der Waals surface area contributed by atoms with E-state index < -0.39 is 6.04 Å². The van der Waals surface area contributed by atoms with Crippen LogP contribution >= 0.6 is 22.9 Å². The third kappa shape index (κ3) is 4.01. The number of hydrogen-bond donors (Lipinski definition) is 1. The van der Waals surface area contributed by atoms with E-state index in [9.17, 15) is 9.59 Å². The van der Waals surface area contributed by atoms with Gasteiger partial charge in [0.25, 0.3) is 5.56 Å². The number of rotatable bonds is 4. The molecule has 0 saturated heterocycles. The van der Waals surface area contributed by atoms with Crippen LogP contribution in [0.3, 0.4) is 0 Å². The molecule has 2 aromatic heterocycles. The normalized spacial score (nSPS) is 12.2. The minimum absolute atomic E-state index is 0.240. The van der Waals surface area contributed by atoms with Gasteiger partial charge in [0.2, 0.25) is 5.91 Å². The first-order valence-corrected chi connectivity index (χ1v) is 11.1. The molecule has 2 aromatic carbocycles. The summed E-state index contributed by atoms with van der Waals surface area (Å²) in [5.74, 6) is -0.262. The van der Waals surface area contributed by atoms with Gasteiger partial charge in [-0.25, -0.2) is 4.98 Å². The molecule has 158 valence electrons. The molecule has 4 rings (SSSR count). The van der Waals surface area contributed by atoms with Crippen LogP contribution in [0.4, 0.5) is 5.69 Å². The summed E-state index contributed by atoms with van der Waals surface area (Å²) >= 11 is 7.41. The molecule has 0 aliphatic heterocycles. The summed E-state index contributed by atoms with van der Waals surface area (Å²) in [6.45, 7) is 7.65. The number of nitrogens with zero attached hydrogens (tertiary/aromatic N) is 2. The van der Waals surface area contributed by atoms with Gasteiger partial charge < -0.3 is 5.32 Å². The Morgan fingerprint density at radius 2 is 1.77 bits per heavy atom. The molecule has 31 heavy (non-hydrogen) atoms. The number of halogens is 1. The number of fused-ring (bicyclic) bond motifs is 1. The van der Waals surface area contributed by atoms with Gasteiger partial charge in [-0.1, -0.05) is 41.4 Å². The highest BCUT2D eigenvalue weighted by Gasteiger charge is 2.21. The molecule has 0 aliphatic rings. The average molecular weight is 452 g/mol. The van der Waals surface area contributed by atoms with Gasteiger partial charge in [-0.2, -0.15) is 0 Å². The quantitative estimate of drug-likeness (QED) is 0.420. The number of amides is 1. The third-order valence-corrected chi connectivity index (χ3v) is 6.53. The minimum atomic E-state index is -0.720. The Balaban J connectivity index is 1.72. The highest BCUT2D eigenvalue weighted by Crippen LogP contribution is 2.31. The molecular formula is C24H22ClN3O2S. The standard InChI is InChI=1S/C24H22ClN3O2S/c1-13-9-14(2)21(15(3)10-13)27-22(29)16(4)28-12-26-23-20(24(28)30)19(11-31-23)17-5-7-18(25)8-6-17/h5-12,16H,1-4H3,(H,27,29). The van der Waals surface area contributed by atoms with Crippen molar-refractivity contribution in [2.24, 2.45) is 0 Å². The zero-order valence-corrected chi connectivity index (χ0v) is 19.3. The maximum Gasteiger partial charge on any atom is 0.263 e. The van der Waals surface area contributed by atoms with E-state index in [2.05, 4.69) is 10.3 Å². The number of nitrogens with one attached hydrogen (secondary N) is 1. The van der Waals surface area contributed by atoms with Gasteiger partial charge in [-0.3, -0.25) is 14.2 Å². The fraction of sp³-hybridized carbons (Fsp3) is 0.208. The van der Waals surface area contributed by atoms with Crippen LogP contribution in [0, 0.1) is 20.8 Å². The van der Waals surface area contributed by atoms with Crippen LogP contribution < -0.4 is 10.9 Å². The molecule has 0 aliphatic carbocycles. The van der Waals surface area contributed by atoms with E-state index in [1.807, 2.05) is 50.4 Å². The van der Waals surface area contributed by atoms with Gasteiger partial charge in [0, 0.05) is 21.7 Å². The largest absolute Gasteiger partial charge is 0.324 e. The maximum absolute atomic E-state index is 13.4. The Labute approximate surface area is 189 Å². The van der Waals surface area contributed by atoms with Crippen molar-refractivity contribution in [3.63, 3.8) is 0 Å². The zero-order chi connectivity index (χ0) is 22.3. The van der Waals surface area contributed by atoms with E-state index in [0.29, 0.717) is 15.2 Å². The lowest BCUT2D eigenvalue weighted by Crippen LogP contribution is -2.32. The van der Waals surface area contributed by atoms with E-state index in [4.69, 9.17) is 11.6 Å². The number of carbonyl (C=O) groups excluding carboxylic acids is 1. The van der Waals surface area contributed by atoms with Crippen LogP contribution in [0.5, 0.6) is 0 Å². The van der Waals surface area contributed by atoms with Crippen molar-refractivity contribution >= 4 is 44.7 Å². The fourth-order valence-corrected chi connectivity index (χ4v) is 4.83. The predicted molar refractivity (Wildman–Crippen MR) is 128 cm³/mol. The zero-order valence-electron chi connectivity index (χ0n) is 17.7. The molecule has 1 atom stereocenters. The van der Waals surface area contributed by atoms with E-state index in [1.165, 1.54) is 22.2 Å². The first kappa shape index (κ1) is 21.3. The van der Waals surface area contributed by atoms with Gasteiger partial charge in [-0.05, 0) is 56.5 Å². The molecule has 4 aromatic rings. The summed E-state index contributed by atoms with van der Waals surface area (Å²) in [5, 5.41) is 6.04. The average Bonchev–Trinajstić information content (AvgIpc) is 3.16. The number of aryl methyl sites for hydroxylation is 3. The summed E-state index contributed by atoms with van der Waals surface area (Å²) in [7, 11) is 0. The van der Waals surface area contributed by atoms with E-state index in [1.54, 1.807) is 19.1 Å². The smallest absolute Gasteiger partial charge is 0.263 e. The molecule has 1 N–H and O–H groups in total. The topological polar surface area (TPSA) is 64.0 Å². The minimum Gasteiger partial charge on any atom is -0.324 e. The molecule has 0 bridgehead atoms. The van der Waals surface area contributed by atoms with Gasteiger partial charge in [0.1, 0.15) is 10.9 Å². The lowest BCUT2D eigenvalue weighted by molar-refractivity contribution is -0.118. The van der Waals surface area contributed by atoms with Crippen molar-refractivity contribution in [2.75, 3.05) is 5.32 Å². The van der Waals surface area contributed by atoms with E-state index in [-0.39, 0.29) is 11.5 Å². The van der Waals surface area contributed by atoms with Gasteiger partial charge >= 0.3 is 0 Å². The molecule has 0 radical (unpaired) electrons. The van der Waals surface area contributed by atoms with Gasteiger partial charge in [0.15, 0.2) is 0 Å². The van der Waals surface area contributed by atoms with Crippen molar-refractivity contribution in [2.45, 2.75) is 33.7 Å². The number of thiophene rings is 1. The van der Waals surface area contributed by atoms with E-state index >= 15 is 0 Å². The molecule has 7 heteroatoms. The van der Waals surface area contributed by atoms with Crippen molar-refractivity contribution in [3.8, 4) is 11.1 Å². The summed E-state index contributed by atoms with van der Waals surface area (Å²) in [4.78, 5) is 31.4. The first-order valence-electron chi connectivity index (χ1n) is 9.89. The Kier molecular flexibility index (Phi) is 5.69. The molecule has 0 saturated carbocycles. The summed E-state index contributed by atoms with van der Waals surface area (Å²) < 4.78 is 1.39. The number of anilines is 1. The summed E-state index contributed by atoms with van der Waals surface area (Å²) in [6.07, 6.45) is 1.45. The molecule has 0 fully saturated rings. The Morgan fingerprint density at radius 3 is 2.42 bits per heavy atom. The number of hydrogen-bond acceptors (Lipinski definition) is 4. The lowest BCUT2D eigenvalue weighted by atomic mass is 10.0. The Bertz CT molecular complexity index is 1330. The van der Waals surface area contributed by atoms with Crippen LogP contribution in [0.15, 0.2) is 52.9 Å². The number of benzene rings is 2. The molecule has 0 spiro atoms. The third-order valence-electron chi connectivity index (χ3n) is 5.40. The second-order valence-corrected chi connectivity index (χ2v) is 9.03. The van der Waals surface area contributed by atoms with Crippen molar-refractivity contribution < 1.29 is 4.79 Å². The van der Waals surface area contributed by atoms with Crippen LogP contribution in [-0.2, 0) is 4.79 Å². The molecule has 2 heterocycles. The van der Waals surface area contributed by atoms with E-state index in [0.717, 1.165) is 33.5 Å². The van der Waals surface area contributed by atoms with Crippen LogP contribution in [-0.4, -0.2) is 15.5 Å². The monoisotopic (exact) mass is 451 g/mol. The van der Waals surface area contributed by atoms with Crippen molar-refractivity contribution in [3.05, 3.63) is 80.2 Å². The Hall–Kier alpha value is -2.96. The van der Waals surface area contributed by atoms with Gasteiger partial charge in [-0.15, -0.1) is 11.3 Å². The SMILES string of the molecule is Cc1cc(C)c(NC(=O)C(C)n2cnc3scc(-c4ccc(Cl)cc4)c3c2=O)c(C)c1. The summed E-state index contributed by atoms with van der Waals surface area (Å²) in [5.41, 5.74) is 5.33. The highest BCUT2D eigenvalue weighted by molar-refractivity contribution is 7.17. The second-order valence-electron chi connectivity index (χ2n) is 7.73. The molecular weight excluding hydrogens is 430 g/mol. The second kappa shape index (κ2) is 8.29. The predicted octanol–water partition coefficient (Wildman–Crippen LogP) is 5.90. The summed E-state index contributed by atoms with van der Waals surface area (Å²) in [6, 6.07) is 10.7. The lowest BCUT2D eigenvalue weighted by Gasteiger charge is -2.18. The Morgan fingerprint density at radius 1 is 1.13 bits per heavy atom. The molecule has 1 amide bonds. The van der Waals surface area contributed by atoms with Crippen molar-refractivity contribution in [1.82, 2.24) is 9.55 Å². The first-order chi connectivity index (χ1) is 14.8. The van der Waals surface area contributed by atoms with Crippen LogP contribution in [0.2, 0.25) is 5.02 Å². The molecule has 1 unspecified atom stereocenters. The van der Waals surface area contributed by atoms with Crippen LogP contribution in [0.1, 0.15) is 29.7 Å².